The largest absolute Gasteiger partial charge is 0 e. The van der Waals surface area contributed by atoms with Crippen LogP contribution in [0.25, 0.3) is 0 Å². The minimum atomic E-state index is 0. The van der Waals surface area contributed by atoms with Crippen LogP contribution in [0.5, 0.6) is 0 Å². The van der Waals surface area contributed by atoms with Crippen molar-refractivity contribution in [2.24, 2.45) is 0 Å². The molecule has 0 bridgehead atoms. The normalized spacial score (nSPS) is 0. The zero-order valence-electron chi connectivity index (χ0n) is 41.6. The summed E-state index contributed by atoms with van der Waals surface area (Å²) in [6.07, 6.45) is 0. The maximum atomic E-state index is 0. The van der Waals surface area contributed by atoms with Gasteiger partial charge in [0.2, 0.25) is 0 Å². The topological polar surface area (TPSA) is 0 Å². The monoisotopic (exact) mass is 4740 g/mol. The Kier molecular flexibility index (Phi) is 12000. The average molecular weight is 4740 g/mol. The summed E-state index contributed by atoms with van der Waals surface area (Å²) in [5.74, 6) is 0. The van der Waals surface area contributed by atoms with Crippen LogP contribution in [0.4, 0.5) is 0 Å². The van der Waals surface area contributed by atoms with Gasteiger partial charge < -0.3 is 0 Å². The predicted octanol–water partition coefficient (Wildman–Crippen LogP) is -0.233. The third-order valence-electron chi connectivity index (χ3n) is 0. The third-order valence-corrected chi connectivity index (χ3v) is 0. The Labute approximate surface area is 1680 Å². The molecule has 0 rings (SSSR count). The fourth-order valence-electron chi connectivity index (χ4n) is 0. The number of hydrogen-bond donors (Lipinski definition) is 0. The Hall–Kier alpha value is 54.4. The SMILES string of the molecule is [V].[V].[V].[V].[V].[V].[V].[V].[V].[V].[V].[V].[V].[V].[V].[V].[V].[V].[V].[V].[V].[V].[V].[V].[V].[V].[V].[V].[V].[V].[V].[V].[V].[V].[V].[V].[V].[V].[V].[V].[V].[V].[V].[V].[V].[V].[V].[V].[V].[V].[V].[V].[V].[V].[V].[V].[V].[V].[V].[V].[V].[V].[V].[V].[V].[V].[V].[V].[V].[V].[V].[V].[V].[V].[V].[V].[V].[V].[V].[V].[V].[V].[V].[V].[V].[V].[V].[V].[V].[V].[V].[V].[V]. The summed E-state index contributed by atoms with van der Waals surface area (Å²) in [7, 11) is 0. The summed E-state index contributed by atoms with van der Waals surface area (Å²) in [5.41, 5.74) is 0. The van der Waals surface area contributed by atoms with Crippen LogP contribution < -0.4 is 0 Å². The first kappa shape index (κ1) is 1070. The molecule has 0 N–H and O–H groups in total. The second-order valence-corrected chi connectivity index (χ2v) is 0. The van der Waals surface area contributed by atoms with E-state index in [2.05, 4.69) is 0 Å². The quantitative estimate of drug-likeness (QED) is 0.315. The first-order valence-electron chi connectivity index (χ1n) is 0. The summed E-state index contributed by atoms with van der Waals surface area (Å²) in [5, 5.41) is 0. The van der Waals surface area contributed by atoms with Crippen molar-refractivity contribution in [2.45, 2.75) is 0 Å². The van der Waals surface area contributed by atoms with Crippen LogP contribution in [0.2, 0.25) is 0 Å². The van der Waals surface area contributed by atoms with E-state index >= 15 is 0 Å². The Morgan fingerprint density at radius 2 is 0.0108 bits per heavy atom. The standard InChI is InChI=1S/93V. The molecule has 0 aromatic carbocycles. The van der Waals surface area contributed by atoms with Crippen molar-refractivity contribution in [3.63, 3.8) is 0 Å². The fourth-order valence-corrected chi connectivity index (χ4v) is 0. The Morgan fingerprint density at radius 1 is 0.0108 bits per heavy atom. The van der Waals surface area contributed by atoms with Crippen molar-refractivity contribution in [1.29, 1.82) is 0 Å². The molecular weight excluding hydrogens is 4740 g/mol. The molecule has 93 heteroatoms. The molecule has 93 radical (unpaired) electrons. The molecule has 0 heterocycles. The van der Waals surface area contributed by atoms with E-state index in [0.29, 0.717) is 0 Å². The van der Waals surface area contributed by atoms with E-state index in [9.17, 15) is 0 Å². The van der Waals surface area contributed by atoms with Gasteiger partial charge in [0.15, 0.2) is 0 Å². The molecule has 0 fully saturated rings. The van der Waals surface area contributed by atoms with Crippen molar-refractivity contribution in [1.82, 2.24) is 0 Å². The average Bonchev–Trinajstić information content (AvgIpc) is 0. The second kappa shape index (κ2) is 1050. The van der Waals surface area contributed by atoms with Crippen molar-refractivity contribution in [2.75, 3.05) is 0 Å². The van der Waals surface area contributed by atoms with Crippen LogP contribution in [0.3, 0.4) is 0 Å². The molecule has 93 heavy (non-hydrogen) atoms. The summed E-state index contributed by atoms with van der Waals surface area (Å²) in [6.45, 7) is 0. The fraction of sp³-hybridized carbons (Fsp3) is 0. The van der Waals surface area contributed by atoms with Crippen molar-refractivity contribution >= 4 is 0 Å². The molecule has 0 amide bonds. The van der Waals surface area contributed by atoms with Crippen molar-refractivity contribution in [3.05, 3.63) is 0 Å². The van der Waals surface area contributed by atoms with E-state index in [4.69, 9.17) is 0 Å². The van der Waals surface area contributed by atoms with E-state index in [1.807, 2.05) is 0 Å². The summed E-state index contributed by atoms with van der Waals surface area (Å²) < 4.78 is 0. The van der Waals surface area contributed by atoms with Gasteiger partial charge in [0.1, 0.15) is 0 Å². The molecular formula is V93. The minimum absolute atomic E-state index is 0. The summed E-state index contributed by atoms with van der Waals surface area (Å²) >= 11 is 0. The maximum Gasteiger partial charge on any atom is 0 e. The van der Waals surface area contributed by atoms with Gasteiger partial charge in [-0.05, 0) is 0 Å². The smallest absolute Gasteiger partial charge is 0 e. The molecule has 0 saturated carbocycles. The molecule has 465 valence electrons. The molecule has 0 aliphatic rings. The molecule has 0 saturated heterocycles. The third kappa shape index (κ3) is 1030. The van der Waals surface area contributed by atoms with Gasteiger partial charge in [-0.1, -0.05) is 0 Å². The van der Waals surface area contributed by atoms with Crippen LogP contribution >= 0.6 is 0 Å². The van der Waals surface area contributed by atoms with Gasteiger partial charge in [-0.25, -0.2) is 0 Å². The van der Waals surface area contributed by atoms with E-state index in [-0.39, 0.29) is 1730 Å². The molecule has 0 aliphatic carbocycles. The Balaban J connectivity index is 0. The summed E-state index contributed by atoms with van der Waals surface area (Å²) in [4.78, 5) is 0. The number of rotatable bonds is 0. The van der Waals surface area contributed by atoms with Crippen LogP contribution in [0, 0.1) is 0 Å². The van der Waals surface area contributed by atoms with Gasteiger partial charge in [-0.3, -0.25) is 0 Å². The first-order chi connectivity index (χ1) is 0. The second-order valence-electron chi connectivity index (χ2n) is 0. The van der Waals surface area contributed by atoms with Gasteiger partial charge in [-0.2, -0.15) is 0 Å². The Bertz CT molecular complexity index is 0. The number of hydrogen-bond acceptors (Lipinski definition) is 0. The minimum Gasteiger partial charge on any atom is 0 e. The zero-order valence-corrected chi connectivity index (χ0v) is 171. The molecule has 0 aromatic rings. The van der Waals surface area contributed by atoms with Gasteiger partial charge >= 0.3 is 0 Å². The molecule has 0 nitrogen and oxygen atoms in total. The van der Waals surface area contributed by atoms with Gasteiger partial charge in [0.25, 0.3) is 0 Å². The van der Waals surface area contributed by atoms with E-state index in [1.54, 1.807) is 0 Å². The van der Waals surface area contributed by atoms with Gasteiger partial charge in [0.05, 0.1) is 0 Å². The van der Waals surface area contributed by atoms with Crippen LogP contribution in [0.15, 0.2) is 0 Å². The van der Waals surface area contributed by atoms with E-state index < -0.39 is 0 Å². The Morgan fingerprint density at radius 3 is 0.0108 bits per heavy atom. The maximum absolute atomic E-state index is 0. The van der Waals surface area contributed by atoms with E-state index in [0.717, 1.165) is 0 Å². The van der Waals surface area contributed by atoms with E-state index in [1.165, 1.54) is 0 Å². The van der Waals surface area contributed by atoms with Crippen LogP contribution in [-0.2, 0) is 1730 Å². The van der Waals surface area contributed by atoms with Gasteiger partial charge in [0, 0.05) is 1730 Å². The molecule has 0 aromatic heterocycles. The van der Waals surface area contributed by atoms with Crippen LogP contribution in [-0.4, -0.2) is 0 Å². The zero-order chi connectivity index (χ0) is 0. The van der Waals surface area contributed by atoms with Crippen LogP contribution in [0.1, 0.15) is 0 Å². The molecule has 0 unspecified atom stereocenters. The van der Waals surface area contributed by atoms with Crippen molar-refractivity contribution in [3.8, 4) is 0 Å². The molecule has 0 atom stereocenters. The first-order valence-corrected chi connectivity index (χ1v) is 0. The molecule has 0 aliphatic heterocycles. The van der Waals surface area contributed by atoms with Crippen molar-refractivity contribution < 1.29 is 1730 Å². The van der Waals surface area contributed by atoms with Gasteiger partial charge in [-0.15, -0.1) is 0 Å². The molecule has 0 spiro atoms. The summed E-state index contributed by atoms with van der Waals surface area (Å²) in [6, 6.07) is 0. The predicted molar refractivity (Wildman–Crippen MR) is 0 cm³/mol.